The molecule has 0 radical (unpaired) electrons. The molecule has 0 aromatic carbocycles. The van der Waals surface area contributed by atoms with E-state index in [0.717, 1.165) is 18.0 Å². The Morgan fingerprint density at radius 3 is 3.07 bits per heavy atom. The second-order valence-corrected chi connectivity index (χ2v) is 4.23. The minimum Gasteiger partial charge on any atom is -0.370 e. The van der Waals surface area contributed by atoms with Crippen molar-refractivity contribution in [3.63, 3.8) is 0 Å². The largest absolute Gasteiger partial charge is 0.370 e. The van der Waals surface area contributed by atoms with Gasteiger partial charge in [-0.15, -0.1) is 11.3 Å². The van der Waals surface area contributed by atoms with Crippen molar-refractivity contribution in [2.24, 2.45) is 10.7 Å². The Morgan fingerprint density at radius 1 is 1.71 bits per heavy atom. The summed E-state index contributed by atoms with van der Waals surface area (Å²) in [6.07, 6.45) is 2.75. The molecular weight excluding hydrogens is 196 g/mol. The van der Waals surface area contributed by atoms with E-state index in [1.807, 2.05) is 13.1 Å². The highest BCUT2D eigenvalue weighted by Crippen LogP contribution is 2.11. The maximum absolute atomic E-state index is 5.58. The fourth-order valence-electron chi connectivity index (χ4n) is 1.03. The molecule has 0 bridgehead atoms. The van der Waals surface area contributed by atoms with Crippen molar-refractivity contribution in [1.82, 2.24) is 10.3 Å². The molecule has 0 aliphatic carbocycles. The summed E-state index contributed by atoms with van der Waals surface area (Å²) in [7, 11) is 0. The number of aromatic nitrogens is 1. The average Bonchev–Trinajstić information content (AvgIpc) is 2.52. The van der Waals surface area contributed by atoms with Crippen molar-refractivity contribution >= 4 is 17.3 Å². The SMILES string of the molecule is CCNC(N)=NCCc1ncc(C)s1. The monoisotopic (exact) mass is 212 g/mol. The first-order valence-electron chi connectivity index (χ1n) is 4.67. The van der Waals surface area contributed by atoms with Gasteiger partial charge < -0.3 is 11.1 Å². The third kappa shape index (κ3) is 3.74. The number of aliphatic imine (C=N–C) groups is 1. The Kier molecular flexibility index (Phi) is 4.39. The van der Waals surface area contributed by atoms with Crippen LogP contribution < -0.4 is 11.1 Å². The van der Waals surface area contributed by atoms with Crippen LogP contribution in [-0.2, 0) is 6.42 Å². The first-order chi connectivity index (χ1) is 6.72. The fraction of sp³-hybridized carbons (Fsp3) is 0.556. The molecule has 0 aliphatic heterocycles. The molecule has 1 aromatic rings. The van der Waals surface area contributed by atoms with E-state index in [1.165, 1.54) is 4.88 Å². The van der Waals surface area contributed by atoms with E-state index in [2.05, 4.69) is 22.2 Å². The smallest absolute Gasteiger partial charge is 0.188 e. The number of hydrogen-bond acceptors (Lipinski definition) is 3. The first kappa shape index (κ1) is 11.0. The van der Waals surface area contributed by atoms with Gasteiger partial charge in [-0.1, -0.05) is 0 Å². The van der Waals surface area contributed by atoms with Gasteiger partial charge in [-0.25, -0.2) is 4.98 Å². The number of nitrogens with one attached hydrogen (secondary N) is 1. The number of guanidine groups is 1. The molecule has 0 atom stereocenters. The van der Waals surface area contributed by atoms with E-state index in [0.29, 0.717) is 12.5 Å². The molecule has 0 aliphatic rings. The topological polar surface area (TPSA) is 63.3 Å². The van der Waals surface area contributed by atoms with Crippen LogP contribution in [0, 0.1) is 6.92 Å². The van der Waals surface area contributed by atoms with E-state index in [1.54, 1.807) is 11.3 Å². The van der Waals surface area contributed by atoms with Crippen molar-refractivity contribution < 1.29 is 0 Å². The van der Waals surface area contributed by atoms with Crippen LogP contribution in [-0.4, -0.2) is 24.0 Å². The molecule has 0 unspecified atom stereocenters. The molecule has 1 rings (SSSR count). The number of rotatable bonds is 4. The lowest BCUT2D eigenvalue weighted by molar-refractivity contribution is 0.900. The van der Waals surface area contributed by atoms with E-state index in [4.69, 9.17) is 5.73 Å². The summed E-state index contributed by atoms with van der Waals surface area (Å²) in [6, 6.07) is 0. The van der Waals surface area contributed by atoms with Gasteiger partial charge in [0.05, 0.1) is 5.01 Å². The van der Waals surface area contributed by atoms with Crippen molar-refractivity contribution in [3.8, 4) is 0 Å². The Bertz CT molecular complexity index is 306. The van der Waals surface area contributed by atoms with Crippen molar-refractivity contribution in [2.45, 2.75) is 20.3 Å². The van der Waals surface area contributed by atoms with Crippen molar-refractivity contribution in [2.75, 3.05) is 13.1 Å². The molecule has 4 nitrogen and oxygen atoms in total. The maximum Gasteiger partial charge on any atom is 0.188 e. The standard InChI is InChI=1S/C9H16N4S/c1-3-11-9(10)12-5-4-8-13-6-7(2)14-8/h6H,3-5H2,1-2H3,(H3,10,11,12). The predicted molar refractivity (Wildman–Crippen MR) is 60.7 cm³/mol. The zero-order chi connectivity index (χ0) is 10.4. The van der Waals surface area contributed by atoms with Crippen molar-refractivity contribution in [3.05, 3.63) is 16.1 Å². The van der Waals surface area contributed by atoms with E-state index >= 15 is 0 Å². The number of nitrogens with two attached hydrogens (primary N) is 1. The first-order valence-corrected chi connectivity index (χ1v) is 5.49. The minimum absolute atomic E-state index is 0.515. The van der Waals surface area contributed by atoms with Gasteiger partial charge in [0.1, 0.15) is 0 Å². The summed E-state index contributed by atoms with van der Waals surface area (Å²) in [5.74, 6) is 0.515. The minimum atomic E-state index is 0.515. The third-order valence-electron chi connectivity index (χ3n) is 1.63. The predicted octanol–water partition coefficient (Wildman–Crippen LogP) is 0.918. The molecule has 5 heteroatoms. The summed E-state index contributed by atoms with van der Waals surface area (Å²) < 4.78 is 0. The summed E-state index contributed by atoms with van der Waals surface area (Å²) in [5.41, 5.74) is 5.58. The molecular formula is C9H16N4S. The lowest BCUT2D eigenvalue weighted by atomic mass is 10.4. The summed E-state index contributed by atoms with van der Waals surface area (Å²) in [5, 5.41) is 4.07. The summed E-state index contributed by atoms with van der Waals surface area (Å²) in [6.45, 7) is 5.56. The highest BCUT2D eigenvalue weighted by molar-refractivity contribution is 7.11. The molecule has 3 N–H and O–H groups in total. The summed E-state index contributed by atoms with van der Waals surface area (Å²) >= 11 is 1.71. The third-order valence-corrected chi connectivity index (χ3v) is 2.61. The van der Waals surface area contributed by atoms with Crippen LogP contribution in [0.2, 0.25) is 0 Å². The quantitative estimate of drug-likeness (QED) is 0.576. The van der Waals surface area contributed by atoms with Crippen molar-refractivity contribution in [1.29, 1.82) is 0 Å². The Morgan fingerprint density at radius 2 is 2.50 bits per heavy atom. The average molecular weight is 212 g/mol. The fourth-order valence-corrected chi connectivity index (χ4v) is 1.80. The second kappa shape index (κ2) is 5.59. The number of nitrogens with zero attached hydrogens (tertiary/aromatic N) is 2. The van der Waals surface area contributed by atoms with Crippen LogP contribution >= 0.6 is 11.3 Å². The lowest BCUT2D eigenvalue weighted by Crippen LogP contribution is -2.31. The molecule has 0 saturated carbocycles. The molecule has 0 saturated heterocycles. The summed E-state index contributed by atoms with van der Waals surface area (Å²) in [4.78, 5) is 9.65. The highest BCUT2D eigenvalue weighted by Gasteiger charge is 1.97. The van der Waals surface area contributed by atoms with Gasteiger partial charge in [0.25, 0.3) is 0 Å². The molecule has 78 valence electrons. The number of hydrogen-bond donors (Lipinski definition) is 2. The van der Waals surface area contributed by atoms with Crippen LogP contribution in [0.3, 0.4) is 0 Å². The van der Waals surface area contributed by atoms with Gasteiger partial charge in [0, 0.05) is 30.6 Å². The lowest BCUT2D eigenvalue weighted by Gasteiger charge is -2.00. The van der Waals surface area contributed by atoms with Gasteiger partial charge in [-0.3, -0.25) is 4.99 Å². The van der Waals surface area contributed by atoms with Crippen LogP contribution in [0.25, 0.3) is 0 Å². The zero-order valence-electron chi connectivity index (χ0n) is 8.58. The van der Waals surface area contributed by atoms with Crippen LogP contribution in [0.15, 0.2) is 11.2 Å². The molecule has 1 aromatic heterocycles. The van der Waals surface area contributed by atoms with E-state index < -0.39 is 0 Å². The van der Waals surface area contributed by atoms with Gasteiger partial charge in [-0.2, -0.15) is 0 Å². The number of thiazole rings is 1. The second-order valence-electron chi connectivity index (χ2n) is 2.91. The molecule has 1 heterocycles. The molecule has 14 heavy (non-hydrogen) atoms. The van der Waals surface area contributed by atoms with Gasteiger partial charge >= 0.3 is 0 Å². The van der Waals surface area contributed by atoms with E-state index in [9.17, 15) is 0 Å². The normalized spacial score (nSPS) is 11.7. The van der Waals surface area contributed by atoms with Crippen LogP contribution in [0.4, 0.5) is 0 Å². The molecule has 0 spiro atoms. The highest BCUT2D eigenvalue weighted by atomic mass is 32.1. The zero-order valence-corrected chi connectivity index (χ0v) is 9.40. The molecule has 0 fully saturated rings. The van der Waals surface area contributed by atoms with Gasteiger partial charge in [-0.05, 0) is 13.8 Å². The number of aryl methyl sites for hydroxylation is 1. The maximum atomic E-state index is 5.58. The van der Waals surface area contributed by atoms with Crippen LogP contribution in [0.1, 0.15) is 16.8 Å². The Balaban J connectivity index is 2.31. The van der Waals surface area contributed by atoms with Gasteiger partial charge in [0.2, 0.25) is 0 Å². The Hall–Kier alpha value is -1.10. The van der Waals surface area contributed by atoms with E-state index in [-0.39, 0.29) is 0 Å². The Labute approximate surface area is 88.3 Å². The van der Waals surface area contributed by atoms with Crippen LogP contribution in [0.5, 0.6) is 0 Å². The van der Waals surface area contributed by atoms with Gasteiger partial charge in [0.15, 0.2) is 5.96 Å². The molecule has 0 amide bonds.